The standard InChI is InChI=1S/C32H41N3O5S/c1-7-30(32(37)33-20-23(2)3)34(21-26-13-15-28(40-6)16-14-26)31(36)22-35(27-18-24(4)17-25(5)19-27)41(38,39)29-11-9-8-10-12-29/h8-19,23,30H,7,20-22H2,1-6H3,(H,33,37). The molecule has 0 aliphatic carbocycles. The first-order valence-electron chi connectivity index (χ1n) is 13.8. The molecule has 1 N–H and O–H groups in total. The van der Waals surface area contributed by atoms with E-state index in [2.05, 4.69) is 5.32 Å². The molecule has 3 rings (SSSR count). The van der Waals surface area contributed by atoms with Crippen LogP contribution in [0.25, 0.3) is 0 Å². The van der Waals surface area contributed by atoms with Gasteiger partial charge in [-0.3, -0.25) is 13.9 Å². The number of anilines is 1. The summed E-state index contributed by atoms with van der Waals surface area (Å²) >= 11 is 0. The molecule has 0 radical (unpaired) electrons. The first-order valence-corrected chi connectivity index (χ1v) is 15.3. The maximum Gasteiger partial charge on any atom is 0.264 e. The molecule has 9 heteroatoms. The minimum Gasteiger partial charge on any atom is -0.497 e. The number of aryl methyl sites for hydroxylation is 2. The first-order chi connectivity index (χ1) is 19.5. The normalized spacial score (nSPS) is 12.1. The fourth-order valence-corrected chi connectivity index (χ4v) is 6.03. The van der Waals surface area contributed by atoms with E-state index in [9.17, 15) is 18.0 Å². The number of benzene rings is 3. The van der Waals surface area contributed by atoms with Crippen LogP contribution < -0.4 is 14.4 Å². The topological polar surface area (TPSA) is 96.0 Å². The molecule has 0 saturated heterocycles. The van der Waals surface area contributed by atoms with Gasteiger partial charge in [-0.2, -0.15) is 0 Å². The van der Waals surface area contributed by atoms with Crippen LogP contribution >= 0.6 is 0 Å². The molecule has 8 nitrogen and oxygen atoms in total. The van der Waals surface area contributed by atoms with Gasteiger partial charge in [-0.25, -0.2) is 8.42 Å². The molecule has 0 heterocycles. The van der Waals surface area contributed by atoms with E-state index >= 15 is 0 Å². The van der Waals surface area contributed by atoms with Crippen molar-refractivity contribution in [3.05, 3.63) is 89.5 Å². The van der Waals surface area contributed by atoms with Gasteiger partial charge in [0.15, 0.2) is 0 Å². The van der Waals surface area contributed by atoms with Crippen molar-refractivity contribution in [2.24, 2.45) is 5.92 Å². The average molecular weight is 580 g/mol. The number of nitrogens with one attached hydrogen (secondary N) is 1. The van der Waals surface area contributed by atoms with Crippen LogP contribution in [-0.2, 0) is 26.2 Å². The number of carbonyl (C=O) groups excluding carboxylic acids is 2. The molecule has 220 valence electrons. The minimum atomic E-state index is -4.10. The van der Waals surface area contributed by atoms with E-state index in [1.54, 1.807) is 49.6 Å². The third-order valence-corrected chi connectivity index (χ3v) is 8.48. The van der Waals surface area contributed by atoms with Gasteiger partial charge in [-0.15, -0.1) is 0 Å². The van der Waals surface area contributed by atoms with Crippen LogP contribution in [0.2, 0.25) is 0 Å². The van der Waals surface area contributed by atoms with Gasteiger partial charge in [-0.05, 0) is 79.3 Å². The molecule has 0 aliphatic heterocycles. The summed E-state index contributed by atoms with van der Waals surface area (Å²) in [6.07, 6.45) is 0.362. The van der Waals surface area contributed by atoms with Crippen LogP contribution in [0.15, 0.2) is 77.7 Å². The summed E-state index contributed by atoms with van der Waals surface area (Å²) in [7, 11) is -2.53. The summed E-state index contributed by atoms with van der Waals surface area (Å²) in [5, 5.41) is 2.94. The molecular formula is C32H41N3O5S. The van der Waals surface area contributed by atoms with Crippen LogP contribution in [0.3, 0.4) is 0 Å². The van der Waals surface area contributed by atoms with Gasteiger partial charge in [0, 0.05) is 13.1 Å². The minimum absolute atomic E-state index is 0.0791. The molecule has 0 fully saturated rings. The van der Waals surface area contributed by atoms with Gasteiger partial charge in [0.1, 0.15) is 18.3 Å². The smallest absolute Gasteiger partial charge is 0.264 e. The Bertz CT molecular complexity index is 1400. The van der Waals surface area contributed by atoms with Gasteiger partial charge in [0.2, 0.25) is 11.8 Å². The van der Waals surface area contributed by atoms with Gasteiger partial charge < -0.3 is 15.0 Å². The van der Waals surface area contributed by atoms with Crippen LogP contribution in [-0.4, -0.2) is 51.4 Å². The third kappa shape index (κ3) is 8.33. The van der Waals surface area contributed by atoms with Gasteiger partial charge in [-0.1, -0.05) is 57.2 Å². The Hall–Kier alpha value is -3.85. The summed E-state index contributed by atoms with van der Waals surface area (Å²) in [5.41, 5.74) is 2.92. The van der Waals surface area contributed by atoms with Gasteiger partial charge in [0.25, 0.3) is 10.0 Å². The Kier molecular flexibility index (Phi) is 10.9. The number of amides is 2. The van der Waals surface area contributed by atoms with Crippen LogP contribution in [0.1, 0.15) is 43.9 Å². The van der Waals surface area contributed by atoms with E-state index in [0.717, 1.165) is 21.0 Å². The molecule has 41 heavy (non-hydrogen) atoms. The van der Waals surface area contributed by atoms with Crippen molar-refractivity contribution >= 4 is 27.5 Å². The molecule has 0 saturated carbocycles. The van der Waals surface area contributed by atoms with Crippen molar-refractivity contribution in [1.82, 2.24) is 10.2 Å². The van der Waals surface area contributed by atoms with Crippen molar-refractivity contribution < 1.29 is 22.7 Å². The highest BCUT2D eigenvalue weighted by molar-refractivity contribution is 7.92. The lowest BCUT2D eigenvalue weighted by Gasteiger charge is -2.33. The number of carbonyl (C=O) groups is 2. The van der Waals surface area contributed by atoms with Crippen LogP contribution in [0.4, 0.5) is 5.69 Å². The Morgan fingerprint density at radius 1 is 0.927 bits per heavy atom. The van der Waals surface area contributed by atoms with Gasteiger partial charge in [0.05, 0.1) is 17.7 Å². The molecule has 0 spiro atoms. The number of hydrogen-bond donors (Lipinski definition) is 1. The van der Waals surface area contributed by atoms with Crippen molar-refractivity contribution in [2.75, 3.05) is 24.5 Å². The Labute approximate surface area is 244 Å². The zero-order valence-corrected chi connectivity index (χ0v) is 25.6. The maximum atomic E-state index is 14.2. The highest BCUT2D eigenvalue weighted by atomic mass is 32.2. The molecule has 0 aliphatic rings. The lowest BCUT2D eigenvalue weighted by molar-refractivity contribution is -0.140. The average Bonchev–Trinajstić information content (AvgIpc) is 2.94. The molecule has 3 aromatic carbocycles. The van der Waals surface area contributed by atoms with E-state index in [-0.39, 0.29) is 23.3 Å². The van der Waals surface area contributed by atoms with E-state index in [4.69, 9.17) is 4.74 Å². The Balaban J connectivity index is 2.06. The van der Waals surface area contributed by atoms with E-state index in [1.165, 1.54) is 17.0 Å². The fraction of sp³-hybridized carbons (Fsp3) is 0.375. The number of sulfonamides is 1. The van der Waals surface area contributed by atoms with Crippen molar-refractivity contribution in [3.63, 3.8) is 0 Å². The monoisotopic (exact) mass is 579 g/mol. The highest BCUT2D eigenvalue weighted by Crippen LogP contribution is 2.27. The van der Waals surface area contributed by atoms with E-state index < -0.39 is 28.5 Å². The van der Waals surface area contributed by atoms with Crippen LogP contribution in [0.5, 0.6) is 5.75 Å². The second kappa shape index (κ2) is 14.2. The quantitative estimate of drug-likeness (QED) is 0.305. The van der Waals surface area contributed by atoms with Crippen molar-refractivity contribution in [2.45, 2.75) is 58.5 Å². The summed E-state index contributed by atoms with van der Waals surface area (Å²) < 4.78 is 34.3. The van der Waals surface area contributed by atoms with Crippen molar-refractivity contribution in [1.29, 1.82) is 0 Å². The molecule has 1 atom stereocenters. The van der Waals surface area contributed by atoms with Crippen LogP contribution in [0, 0.1) is 19.8 Å². The predicted octanol–water partition coefficient (Wildman–Crippen LogP) is 5.09. The first kappa shape index (κ1) is 31.7. The Morgan fingerprint density at radius 3 is 2.07 bits per heavy atom. The molecule has 2 amide bonds. The number of rotatable bonds is 13. The third-order valence-electron chi connectivity index (χ3n) is 6.69. The second-order valence-electron chi connectivity index (χ2n) is 10.6. The summed E-state index contributed by atoms with van der Waals surface area (Å²) in [6, 6.07) is 20.0. The molecule has 3 aromatic rings. The number of methoxy groups -OCH3 is 1. The summed E-state index contributed by atoms with van der Waals surface area (Å²) in [6.45, 7) is 9.73. The fourth-order valence-electron chi connectivity index (χ4n) is 4.61. The largest absolute Gasteiger partial charge is 0.497 e. The summed E-state index contributed by atoms with van der Waals surface area (Å²) in [4.78, 5) is 29.0. The van der Waals surface area contributed by atoms with Crippen molar-refractivity contribution in [3.8, 4) is 5.75 Å². The second-order valence-corrected chi connectivity index (χ2v) is 12.5. The lowest BCUT2D eigenvalue weighted by Crippen LogP contribution is -2.52. The zero-order chi connectivity index (χ0) is 30.2. The van der Waals surface area contributed by atoms with E-state index in [1.807, 2.05) is 52.8 Å². The lowest BCUT2D eigenvalue weighted by atomic mass is 10.1. The zero-order valence-electron chi connectivity index (χ0n) is 24.8. The number of hydrogen-bond acceptors (Lipinski definition) is 5. The maximum absolute atomic E-state index is 14.2. The molecule has 1 unspecified atom stereocenters. The van der Waals surface area contributed by atoms with Gasteiger partial charge >= 0.3 is 0 Å². The summed E-state index contributed by atoms with van der Waals surface area (Å²) in [5.74, 6) is 0.152. The highest BCUT2D eigenvalue weighted by Gasteiger charge is 2.33. The Morgan fingerprint density at radius 2 is 1.54 bits per heavy atom. The number of ether oxygens (including phenoxy) is 1. The predicted molar refractivity (Wildman–Crippen MR) is 162 cm³/mol. The number of nitrogens with zero attached hydrogens (tertiary/aromatic N) is 2. The molecule has 0 bridgehead atoms. The molecular weight excluding hydrogens is 538 g/mol. The van der Waals surface area contributed by atoms with E-state index in [0.29, 0.717) is 24.4 Å². The SMILES string of the molecule is CCC(C(=O)NCC(C)C)N(Cc1ccc(OC)cc1)C(=O)CN(c1cc(C)cc(C)c1)S(=O)(=O)c1ccccc1. The molecule has 0 aromatic heterocycles.